The maximum atomic E-state index is 15.3. The molecule has 2 aliphatic rings. The smallest absolute Gasteiger partial charge is 0.202 e. The number of rotatable bonds is 4. The van der Waals surface area contributed by atoms with Gasteiger partial charge in [-0.15, -0.1) is 11.3 Å². The lowest BCUT2D eigenvalue weighted by Gasteiger charge is -2.31. The fraction of sp³-hybridized carbons (Fsp3) is 0.429. The Morgan fingerprint density at radius 3 is 2.63 bits per heavy atom. The van der Waals surface area contributed by atoms with Gasteiger partial charge >= 0.3 is 0 Å². The van der Waals surface area contributed by atoms with Gasteiger partial charge in [0, 0.05) is 39.1 Å². The molecule has 158 valence electrons. The predicted molar refractivity (Wildman–Crippen MR) is 115 cm³/mol. The number of aromatic hydroxyl groups is 1. The van der Waals surface area contributed by atoms with Crippen molar-refractivity contribution in [2.24, 2.45) is 0 Å². The molecule has 1 aliphatic carbocycles. The van der Waals surface area contributed by atoms with Crippen molar-refractivity contribution in [2.45, 2.75) is 25.8 Å². The summed E-state index contributed by atoms with van der Waals surface area (Å²) in [5, 5.41) is 14.1. The summed E-state index contributed by atoms with van der Waals surface area (Å²) in [5.74, 6) is -0.815. The van der Waals surface area contributed by atoms with E-state index >= 15 is 4.39 Å². The number of benzene rings is 1. The summed E-state index contributed by atoms with van der Waals surface area (Å²) in [6, 6.07) is 1.36. The van der Waals surface area contributed by atoms with Gasteiger partial charge in [-0.2, -0.15) is 0 Å². The largest absolute Gasteiger partial charge is 0.505 e. The number of nitrogens with one attached hydrogen (secondary N) is 1. The maximum Gasteiger partial charge on any atom is 0.202 e. The number of hydrogen-bond acceptors (Lipinski definition) is 7. The molecule has 0 amide bonds. The van der Waals surface area contributed by atoms with Gasteiger partial charge in [-0.25, -0.2) is 4.39 Å². The van der Waals surface area contributed by atoms with Crippen LogP contribution in [0, 0.1) is 5.82 Å². The molecule has 5 rings (SSSR count). The Labute approximate surface area is 175 Å². The summed E-state index contributed by atoms with van der Waals surface area (Å²) < 4.78 is 23.0. The molecular formula is C21H22FN3O4S. The quantitative estimate of drug-likeness (QED) is 0.618. The van der Waals surface area contributed by atoms with Crippen LogP contribution in [0.5, 0.6) is 11.5 Å². The average molecular weight is 431 g/mol. The van der Waals surface area contributed by atoms with Crippen molar-refractivity contribution >= 4 is 43.9 Å². The molecule has 0 atom stereocenters. The molecule has 0 spiro atoms. The summed E-state index contributed by atoms with van der Waals surface area (Å²) in [5.41, 5.74) is 0.401. The zero-order valence-corrected chi connectivity index (χ0v) is 17.6. The van der Waals surface area contributed by atoms with Gasteiger partial charge in [-0.05, 0) is 18.9 Å². The zero-order valence-electron chi connectivity index (χ0n) is 16.7. The van der Waals surface area contributed by atoms with Crippen molar-refractivity contribution in [2.75, 3.05) is 38.2 Å². The van der Waals surface area contributed by atoms with E-state index in [1.807, 2.05) is 9.47 Å². The minimum absolute atomic E-state index is 0.0842. The third-order valence-corrected chi connectivity index (χ3v) is 7.13. The lowest BCUT2D eigenvalue weighted by Crippen LogP contribution is -2.44. The van der Waals surface area contributed by atoms with Crippen LogP contribution in [0.25, 0.3) is 21.1 Å². The number of methoxy groups -OCH3 is 1. The number of aromatic nitrogens is 1. The minimum atomic E-state index is -0.526. The third kappa shape index (κ3) is 2.72. The predicted octanol–water partition coefficient (Wildman–Crippen LogP) is 3.02. The van der Waals surface area contributed by atoms with Crippen molar-refractivity contribution in [3.8, 4) is 11.5 Å². The number of halogens is 1. The highest BCUT2D eigenvalue weighted by atomic mass is 32.1. The highest BCUT2D eigenvalue weighted by Gasteiger charge is 2.34. The van der Waals surface area contributed by atoms with Gasteiger partial charge in [0.2, 0.25) is 5.43 Å². The number of carbonyl (C=O) groups is 1. The first-order chi connectivity index (χ1) is 14.4. The van der Waals surface area contributed by atoms with Gasteiger partial charge in [0.25, 0.3) is 0 Å². The SMILES string of the molecule is COc1c(N2CCNCC2)c(F)cc2c(=O)c3c(O)c(C(C)=O)sc3n(C3CC3)c12. The summed E-state index contributed by atoms with van der Waals surface area (Å²) in [4.78, 5) is 28.0. The van der Waals surface area contributed by atoms with Crippen LogP contribution in [0.15, 0.2) is 10.9 Å². The molecule has 0 bridgehead atoms. The van der Waals surface area contributed by atoms with Gasteiger partial charge in [0.05, 0.1) is 18.0 Å². The molecule has 1 saturated carbocycles. The molecule has 7 nitrogen and oxygen atoms in total. The van der Waals surface area contributed by atoms with Gasteiger partial charge < -0.3 is 24.6 Å². The highest BCUT2D eigenvalue weighted by Crippen LogP contribution is 2.48. The number of hydrogen-bond donors (Lipinski definition) is 2. The summed E-state index contributed by atoms with van der Waals surface area (Å²) in [6.45, 7) is 4.08. The van der Waals surface area contributed by atoms with Crippen molar-refractivity contribution in [3.05, 3.63) is 27.0 Å². The van der Waals surface area contributed by atoms with Gasteiger partial charge in [-0.3, -0.25) is 9.59 Å². The van der Waals surface area contributed by atoms with Crippen LogP contribution in [0.1, 0.15) is 35.5 Å². The molecule has 3 heterocycles. The van der Waals surface area contributed by atoms with Crippen LogP contribution < -0.4 is 20.4 Å². The Kier molecular flexibility index (Phi) is 4.48. The van der Waals surface area contributed by atoms with Crippen molar-refractivity contribution in [3.63, 3.8) is 0 Å². The van der Waals surface area contributed by atoms with Crippen molar-refractivity contribution < 1.29 is 19.0 Å². The molecule has 1 aliphatic heterocycles. The second-order valence-electron chi connectivity index (χ2n) is 7.82. The molecule has 1 saturated heterocycles. The van der Waals surface area contributed by atoms with Crippen LogP contribution in [-0.2, 0) is 0 Å². The van der Waals surface area contributed by atoms with E-state index in [2.05, 4.69) is 5.32 Å². The molecule has 0 radical (unpaired) electrons. The number of pyridine rings is 1. The van der Waals surface area contributed by atoms with Crippen LogP contribution in [0.2, 0.25) is 0 Å². The first-order valence-corrected chi connectivity index (χ1v) is 10.8. The van der Waals surface area contributed by atoms with E-state index in [1.165, 1.54) is 20.1 Å². The second-order valence-corrected chi connectivity index (χ2v) is 8.82. The number of fused-ring (bicyclic) bond motifs is 2. The second kappa shape index (κ2) is 6.95. The molecule has 30 heavy (non-hydrogen) atoms. The fourth-order valence-electron chi connectivity index (χ4n) is 4.34. The number of carbonyl (C=O) groups excluding carboxylic acids is 1. The minimum Gasteiger partial charge on any atom is -0.505 e. The van der Waals surface area contributed by atoms with E-state index in [4.69, 9.17) is 4.74 Å². The molecule has 1 aromatic carbocycles. The van der Waals surface area contributed by atoms with Crippen LogP contribution in [-0.4, -0.2) is 48.7 Å². The molecule has 2 aromatic heterocycles. The Morgan fingerprint density at radius 1 is 1.33 bits per heavy atom. The third-order valence-electron chi connectivity index (χ3n) is 5.85. The highest BCUT2D eigenvalue weighted by molar-refractivity contribution is 7.21. The lowest BCUT2D eigenvalue weighted by molar-refractivity contribution is 0.101. The Morgan fingerprint density at radius 2 is 2.03 bits per heavy atom. The number of ether oxygens (including phenoxy) is 1. The summed E-state index contributed by atoms with van der Waals surface area (Å²) in [6.07, 6.45) is 1.81. The molecule has 2 fully saturated rings. The number of anilines is 1. The molecule has 3 aromatic rings. The topological polar surface area (TPSA) is 83.8 Å². The molecular weight excluding hydrogens is 409 g/mol. The standard InChI is InChI=1S/C21H22FN3O4S/c1-10(26)20-18(28)14-17(27)12-9-13(22)16(24-7-5-23-6-8-24)19(29-2)15(12)25(11-3-4-11)21(14)30-20/h9,11,23,28H,3-8H2,1-2H3. The van der Waals surface area contributed by atoms with Gasteiger partial charge in [-0.1, -0.05) is 0 Å². The maximum absolute atomic E-state index is 15.3. The van der Waals surface area contributed by atoms with Crippen LogP contribution >= 0.6 is 11.3 Å². The molecule has 0 unspecified atom stereocenters. The number of nitrogens with zero attached hydrogens (tertiary/aromatic N) is 2. The van der Waals surface area contributed by atoms with E-state index in [-0.39, 0.29) is 33.2 Å². The first kappa shape index (κ1) is 19.3. The normalized spacial score (nSPS) is 17.1. The number of Topliss-reactive ketones (excluding diaryl/α,β-unsaturated/α-hetero) is 1. The number of thiophene rings is 1. The van der Waals surface area contributed by atoms with Crippen LogP contribution in [0.4, 0.5) is 10.1 Å². The zero-order chi connectivity index (χ0) is 21.2. The monoisotopic (exact) mass is 431 g/mol. The summed E-state index contributed by atoms with van der Waals surface area (Å²) >= 11 is 1.11. The van der Waals surface area contributed by atoms with Gasteiger partial charge in [0.1, 0.15) is 20.8 Å². The molecule has 2 N–H and O–H groups in total. The van der Waals surface area contributed by atoms with E-state index in [0.29, 0.717) is 34.9 Å². The van der Waals surface area contributed by atoms with E-state index < -0.39 is 11.2 Å². The Balaban J connectivity index is 1.94. The lowest BCUT2D eigenvalue weighted by atomic mass is 10.1. The van der Waals surface area contributed by atoms with Crippen molar-refractivity contribution in [1.29, 1.82) is 0 Å². The van der Waals surface area contributed by atoms with Gasteiger partial charge in [0.15, 0.2) is 23.1 Å². The summed E-state index contributed by atoms with van der Waals surface area (Å²) in [7, 11) is 1.48. The van der Waals surface area contributed by atoms with E-state index in [0.717, 1.165) is 37.3 Å². The number of ketones is 1. The van der Waals surface area contributed by atoms with E-state index in [9.17, 15) is 14.7 Å². The average Bonchev–Trinajstić information content (AvgIpc) is 3.50. The Bertz CT molecular complexity index is 1260. The molecule has 9 heteroatoms. The van der Waals surface area contributed by atoms with E-state index in [1.54, 1.807) is 0 Å². The Hall–Kier alpha value is -2.65. The van der Waals surface area contributed by atoms with Crippen LogP contribution in [0.3, 0.4) is 0 Å². The first-order valence-electron chi connectivity index (χ1n) is 10.0. The fourth-order valence-corrected chi connectivity index (χ4v) is 5.50. The number of piperazine rings is 1. The van der Waals surface area contributed by atoms with Crippen molar-refractivity contribution in [1.82, 2.24) is 9.88 Å².